The lowest BCUT2D eigenvalue weighted by molar-refractivity contribution is 0.378. The molecule has 0 bridgehead atoms. The van der Waals surface area contributed by atoms with E-state index in [1.165, 1.54) is 18.6 Å². The molecule has 0 radical (unpaired) electrons. The van der Waals surface area contributed by atoms with Gasteiger partial charge in [-0.1, -0.05) is 16.8 Å². The molecule has 0 saturated carbocycles. The van der Waals surface area contributed by atoms with E-state index < -0.39 is 0 Å². The van der Waals surface area contributed by atoms with Crippen molar-refractivity contribution < 1.29 is 4.52 Å². The van der Waals surface area contributed by atoms with Crippen molar-refractivity contribution in [3.05, 3.63) is 35.2 Å². The molecular formula is C17H23ClIN5OS. The second-order valence-electron chi connectivity index (χ2n) is 5.83. The second kappa shape index (κ2) is 11.0. The molecule has 0 aliphatic carbocycles. The van der Waals surface area contributed by atoms with Crippen molar-refractivity contribution in [3.63, 3.8) is 0 Å². The van der Waals surface area contributed by atoms with Crippen LogP contribution in [0.15, 0.2) is 33.8 Å². The van der Waals surface area contributed by atoms with E-state index in [-0.39, 0.29) is 24.0 Å². The van der Waals surface area contributed by atoms with Crippen LogP contribution >= 0.6 is 47.3 Å². The summed E-state index contributed by atoms with van der Waals surface area (Å²) in [6.07, 6.45) is 3.09. The van der Waals surface area contributed by atoms with Gasteiger partial charge in [0.15, 0.2) is 5.96 Å². The summed E-state index contributed by atoms with van der Waals surface area (Å²) in [7, 11) is 1.79. The summed E-state index contributed by atoms with van der Waals surface area (Å²) >= 11 is 7.89. The molecule has 6 nitrogen and oxygen atoms in total. The number of benzene rings is 1. The number of nitrogens with one attached hydrogen (secondary N) is 2. The Morgan fingerprint density at radius 2 is 2.19 bits per heavy atom. The molecule has 0 amide bonds. The lowest BCUT2D eigenvalue weighted by Gasteiger charge is -2.24. The van der Waals surface area contributed by atoms with E-state index in [2.05, 4.69) is 25.8 Å². The Bertz CT molecular complexity index is 703. The summed E-state index contributed by atoms with van der Waals surface area (Å²) in [5.41, 5.74) is 0.889. The first-order valence-electron chi connectivity index (χ1n) is 8.38. The van der Waals surface area contributed by atoms with E-state index in [0.717, 1.165) is 17.3 Å². The van der Waals surface area contributed by atoms with E-state index in [1.54, 1.807) is 7.05 Å². The number of hydrogen-bond donors (Lipinski definition) is 2. The minimum atomic E-state index is 0. The third-order valence-corrected chi connectivity index (χ3v) is 5.39. The number of hydrogen-bond acceptors (Lipinski definition) is 5. The van der Waals surface area contributed by atoms with Crippen molar-refractivity contribution in [1.29, 1.82) is 0 Å². The maximum absolute atomic E-state index is 5.90. The van der Waals surface area contributed by atoms with Crippen molar-refractivity contribution in [2.45, 2.75) is 25.3 Å². The minimum absolute atomic E-state index is 0. The third-order valence-electron chi connectivity index (χ3n) is 3.93. The minimum Gasteiger partial charge on any atom is -0.356 e. The fourth-order valence-electron chi connectivity index (χ4n) is 2.60. The second-order valence-corrected chi connectivity index (χ2v) is 7.41. The summed E-state index contributed by atoms with van der Waals surface area (Å²) in [6, 6.07) is 7.87. The fraction of sp³-hybridized carbons (Fsp3) is 0.471. The van der Waals surface area contributed by atoms with Gasteiger partial charge in [-0.2, -0.15) is 16.7 Å². The summed E-state index contributed by atoms with van der Waals surface area (Å²) in [4.78, 5) is 8.70. The molecule has 2 heterocycles. The zero-order chi connectivity index (χ0) is 17.5. The van der Waals surface area contributed by atoms with Crippen molar-refractivity contribution >= 4 is 53.3 Å². The first kappa shape index (κ1) is 21.3. The smallest absolute Gasteiger partial charge is 0.228 e. The molecule has 1 aromatic heterocycles. The van der Waals surface area contributed by atoms with Gasteiger partial charge in [0.05, 0.1) is 0 Å². The average Bonchev–Trinajstić information content (AvgIpc) is 3.11. The van der Waals surface area contributed by atoms with E-state index >= 15 is 0 Å². The summed E-state index contributed by atoms with van der Waals surface area (Å²) < 4.78 is 5.32. The molecule has 1 aliphatic rings. The Labute approximate surface area is 180 Å². The molecule has 3 rings (SSSR count). The Balaban J connectivity index is 0.00000243. The molecule has 1 fully saturated rings. The van der Waals surface area contributed by atoms with E-state index in [4.69, 9.17) is 16.1 Å². The molecule has 2 aromatic rings. The standard InChI is InChI=1S/C17H22ClN5OS.HI/c1-19-17(21-14-3-2-10-25-11-14)20-9-8-15-22-16(23-24-15)12-4-6-13(18)7-5-12;/h4-7,14H,2-3,8-11H2,1H3,(H2,19,20,21);1H. The van der Waals surface area contributed by atoms with Crippen LogP contribution in [0.5, 0.6) is 0 Å². The van der Waals surface area contributed by atoms with Gasteiger partial charge < -0.3 is 15.2 Å². The Morgan fingerprint density at radius 1 is 1.38 bits per heavy atom. The predicted octanol–water partition coefficient (Wildman–Crippen LogP) is 3.61. The van der Waals surface area contributed by atoms with E-state index in [1.807, 2.05) is 36.0 Å². The monoisotopic (exact) mass is 507 g/mol. The molecule has 1 aromatic carbocycles. The maximum atomic E-state index is 5.90. The van der Waals surface area contributed by atoms with Gasteiger partial charge in [0.1, 0.15) is 0 Å². The molecule has 2 N–H and O–H groups in total. The number of guanidine groups is 1. The Kier molecular flexibility index (Phi) is 9.00. The van der Waals surface area contributed by atoms with Crippen LogP contribution in [0.4, 0.5) is 0 Å². The molecular weight excluding hydrogens is 485 g/mol. The van der Waals surface area contributed by atoms with Crippen molar-refractivity contribution in [2.24, 2.45) is 4.99 Å². The van der Waals surface area contributed by atoms with Crippen LogP contribution in [-0.4, -0.2) is 47.2 Å². The van der Waals surface area contributed by atoms with Crippen LogP contribution in [0, 0.1) is 0 Å². The highest BCUT2D eigenvalue weighted by molar-refractivity contribution is 14.0. The molecule has 0 spiro atoms. The quantitative estimate of drug-likeness (QED) is 0.366. The van der Waals surface area contributed by atoms with Crippen LogP contribution in [0.2, 0.25) is 5.02 Å². The van der Waals surface area contributed by atoms with Gasteiger partial charge in [-0.25, -0.2) is 0 Å². The average molecular weight is 508 g/mol. The van der Waals surface area contributed by atoms with Crippen LogP contribution in [0.1, 0.15) is 18.7 Å². The summed E-state index contributed by atoms with van der Waals surface area (Å²) in [6.45, 7) is 0.682. The molecule has 1 aliphatic heterocycles. The van der Waals surface area contributed by atoms with E-state index in [0.29, 0.717) is 35.7 Å². The van der Waals surface area contributed by atoms with Crippen LogP contribution in [-0.2, 0) is 6.42 Å². The number of aliphatic imine (C=N–C) groups is 1. The molecule has 1 atom stereocenters. The number of aromatic nitrogens is 2. The summed E-state index contributed by atoms with van der Waals surface area (Å²) in [5, 5.41) is 11.5. The SMILES string of the molecule is CN=C(NCCc1nc(-c2ccc(Cl)cc2)no1)NC1CCCSC1.I. The van der Waals surface area contributed by atoms with Crippen LogP contribution in [0.25, 0.3) is 11.4 Å². The number of halogens is 2. The highest BCUT2D eigenvalue weighted by Crippen LogP contribution is 2.19. The van der Waals surface area contributed by atoms with Gasteiger partial charge >= 0.3 is 0 Å². The number of rotatable bonds is 5. The first-order valence-corrected chi connectivity index (χ1v) is 9.91. The largest absolute Gasteiger partial charge is 0.356 e. The highest BCUT2D eigenvalue weighted by atomic mass is 127. The van der Waals surface area contributed by atoms with Crippen molar-refractivity contribution in [2.75, 3.05) is 25.1 Å². The zero-order valence-electron chi connectivity index (χ0n) is 14.6. The van der Waals surface area contributed by atoms with Gasteiger partial charge in [-0.3, -0.25) is 4.99 Å². The van der Waals surface area contributed by atoms with E-state index in [9.17, 15) is 0 Å². The topological polar surface area (TPSA) is 75.3 Å². The third kappa shape index (κ3) is 6.31. The molecule has 1 unspecified atom stereocenters. The Hall–Kier alpha value is -1.000. The predicted molar refractivity (Wildman–Crippen MR) is 119 cm³/mol. The molecule has 1 saturated heterocycles. The molecule has 142 valence electrons. The van der Waals surface area contributed by atoms with Crippen LogP contribution in [0.3, 0.4) is 0 Å². The van der Waals surface area contributed by atoms with Gasteiger partial charge in [-0.15, -0.1) is 24.0 Å². The van der Waals surface area contributed by atoms with Gasteiger partial charge in [0.25, 0.3) is 0 Å². The fourth-order valence-corrected chi connectivity index (χ4v) is 3.80. The van der Waals surface area contributed by atoms with Gasteiger partial charge in [0.2, 0.25) is 11.7 Å². The lowest BCUT2D eigenvalue weighted by atomic mass is 10.2. The van der Waals surface area contributed by atoms with Gasteiger partial charge in [-0.05, 0) is 42.9 Å². The normalized spacial score (nSPS) is 17.5. The zero-order valence-corrected chi connectivity index (χ0v) is 18.5. The first-order chi connectivity index (χ1) is 12.2. The maximum Gasteiger partial charge on any atom is 0.228 e. The highest BCUT2D eigenvalue weighted by Gasteiger charge is 2.15. The Morgan fingerprint density at radius 3 is 2.88 bits per heavy atom. The molecule has 9 heteroatoms. The number of thioether (sulfide) groups is 1. The van der Waals surface area contributed by atoms with Crippen molar-refractivity contribution in [3.8, 4) is 11.4 Å². The number of nitrogens with zero attached hydrogens (tertiary/aromatic N) is 3. The summed E-state index contributed by atoms with van der Waals surface area (Å²) in [5.74, 6) is 4.39. The lowest BCUT2D eigenvalue weighted by Crippen LogP contribution is -2.46. The van der Waals surface area contributed by atoms with Crippen molar-refractivity contribution in [1.82, 2.24) is 20.8 Å². The van der Waals surface area contributed by atoms with Crippen LogP contribution < -0.4 is 10.6 Å². The molecule has 26 heavy (non-hydrogen) atoms. The van der Waals surface area contributed by atoms with Gasteiger partial charge in [0, 0.05) is 42.4 Å².